The van der Waals surface area contributed by atoms with Crippen LogP contribution in [0, 0.1) is 0 Å². The van der Waals surface area contributed by atoms with Crippen LogP contribution in [0.3, 0.4) is 0 Å². The van der Waals surface area contributed by atoms with Crippen molar-refractivity contribution in [3.05, 3.63) is 0 Å². The molecule has 0 aromatic rings. The summed E-state index contributed by atoms with van der Waals surface area (Å²) in [4.78, 5) is 0. The van der Waals surface area contributed by atoms with Crippen LogP contribution >= 0.6 is 30.8 Å². The smallest absolute Gasteiger partial charge is 0.177 e. The van der Waals surface area contributed by atoms with Crippen molar-refractivity contribution in [3.63, 3.8) is 0 Å². The van der Waals surface area contributed by atoms with Gasteiger partial charge in [0.05, 0.1) is 0 Å². The highest BCUT2D eigenvalue weighted by Crippen LogP contribution is 2.51. The predicted octanol–water partition coefficient (Wildman–Crippen LogP) is 2.91. The van der Waals surface area contributed by atoms with Gasteiger partial charge in [-0.25, -0.2) is 0 Å². The maximum atomic E-state index is 11.3. The molecule has 0 aliphatic heterocycles. The Morgan fingerprint density at radius 2 is 1.67 bits per heavy atom. The van der Waals surface area contributed by atoms with Crippen molar-refractivity contribution < 1.29 is 4.57 Å². The Hall–Kier alpha value is 0.770. The van der Waals surface area contributed by atoms with E-state index >= 15 is 0 Å². The van der Waals surface area contributed by atoms with Crippen molar-refractivity contribution in [2.24, 2.45) is 0 Å². The third-order valence-electron chi connectivity index (χ3n) is 1.26. The maximum absolute atomic E-state index is 11.3. The third kappa shape index (κ3) is 2.46. The lowest BCUT2D eigenvalue weighted by molar-refractivity contribution is 0.563. The molecule has 2 nitrogen and oxygen atoms in total. The second-order valence-corrected chi connectivity index (χ2v) is 6.37. The highest BCUT2D eigenvalue weighted by atomic mass is 35.5. The van der Waals surface area contributed by atoms with Crippen LogP contribution in [0.15, 0.2) is 0 Å². The number of nitrogens with zero attached hydrogens (tertiary/aromatic N) is 1. The lowest BCUT2D eigenvalue weighted by atomic mass is 11.0. The number of hydrogen-bond donors (Lipinski definition) is 0. The molecule has 0 aliphatic rings. The van der Waals surface area contributed by atoms with E-state index in [0.717, 1.165) is 3.71 Å². The molecule has 0 spiro atoms. The minimum Gasteiger partial charge on any atom is -0.304 e. The summed E-state index contributed by atoms with van der Waals surface area (Å²) in [7, 11) is -2.39. The van der Waals surface area contributed by atoms with Gasteiger partial charge in [0.2, 0.25) is 0 Å². The Morgan fingerprint density at radius 1 is 1.33 bits per heavy atom. The van der Waals surface area contributed by atoms with Gasteiger partial charge in [0.15, 0.2) is 7.29 Å². The lowest BCUT2D eigenvalue weighted by Gasteiger charge is -2.15. The molecule has 0 aromatic carbocycles. The Balaban J connectivity index is 4.11. The third-order valence-corrected chi connectivity index (χ3v) is 5.44. The van der Waals surface area contributed by atoms with Crippen molar-refractivity contribution in [2.75, 3.05) is 12.3 Å². The molecule has 5 heteroatoms. The number of rotatable bonds is 3. The molecule has 9 heavy (non-hydrogen) atoms. The topological polar surface area (TPSA) is 20.3 Å². The van der Waals surface area contributed by atoms with Crippen LogP contribution in [0.5, 0.6) is 0 Å². The standard InChI is InChI=1S/C4H10Cl2NOP/c1-3-9(8,4-2)7(5)6/h3-4H2,1-2H3. The maximum Gasteiger partial charge on any atom is 0.177 e. The molecule has 0 saturated heterocycles. The number of halogens is 2. The average Bonchev–Trinajstić information content (AvgIpc) is 1.86. The molecule has 0 amide bonds. The SMILES string of the molecule is CCP(=O)(CC)N(Cl)Cl. The Bertz CT molecular complexity index is 120. The zero-order valence-corrected chi connectivity index (χ0v) is 7.88. The fourth-order valence-corrected chi connectivity index (χ4v) is 2.60. The molecule has 0 rings (SSSR count). The average molecular weight is 190 g/mol. The fraction of sp³-hybridized carbons (Fsp3) is 1.00. The van der Waals surface area contributed by atoms with E-state index in [0.29, 0.717) is 12.3 Å². The van der Waals surface area contributed by atoms with Gasteiger partial charge in [0, 0.05) is 35.9 Å². The molecule has 56 valence electrons. The quantitative estimate of drug-likeness (QED) is 0.503. The van der Waals surface area contributed by atoms with Gasteiger partial charge in [-0.15, -0.1) is 0 Å². The lowest BCUT2D eigenvalue weighted by Crippen LogP contribution is -1.99. The summed E-state index contributed by atoms with van der Waals surface area (Å²) >= 11 is 10.6. The van der Waals surface area contributed by atoms with Gasteiger partial charge in [-0.1, -0.05) is 17.6 Å². The summed E-state index contributed by atoms with van der Waals surface area (Å²) in [6, 6.07) is 0. The van der Waals surface area contributed by atoms with Crippen LogP contribution < -0.4 is 0 Å². The predicted molar refractivity (Wildman–Crippen MR) is 42.2 cm³/mol. The molecule has 0 atom stereocenters. The normalized spacial score (nSPS) is 12.6. The zero-order chi connectivity index (χ0) is 7.49. The second-order valence-electron chi connectivity index (χ2n) is 1.69. The van der Waals surface area contributed by atoms with E-state index in [9.17, 15) is 4.57 Å². The monoisotopic (exact) mass is 189 g/mol. The Labute approximate surface area is 65.8 Å². The molecular formula is C4H10Cl2NOP. The van der Waals surface area contributed by atoms with E-state index in [2.05, 4.69) is 0 Å². The first kappa shape index (κ1) is 9.77. The van der Waals surface area contributed by atoms with Crippen LogP contribution in [-0.2, 0) is 4.57 Å². The molecule has 0 radical (unpaired) electrons. The fourth-order valence-electron chi connectivity index (χ4n) is 0.437. The molecular weight excluding hydrogens is 180 g/mol. The molecule has 0 unspecified atom stereocenters. The van der Waals surface area contributed by atoms with Crippen molar-refractivity contribution >= 4 is 30.8 Å². The van der Waals surface area contributed by atoms with Gasteiger partial charge in [0.25, 0.3) is 0 Å². The summed E-state index contributed by atoms with van der Waals surface area (Å²) in [6.45, 7) is 3.62. The minimum absolute atomic E-state index is 0.524. The van der Waals surface area contributed by atoms with Crippen molar-refractivity contribution in [3.8, 4) is 0 Å². The summed E-state index contributed by atoms with van der Waals surface area (Å²) in [5, 5.41) is 0. The van der Waals surface area contributed by atoms with Gasteiger partial charge in [-0.3, -0.25) is 0 Å². The van der Waals surface area contributed by atoms with Gasteiger partial charge >= 0.3 is 0 Å². The van der Waals surface area contributed by atoms with E-state index < -0.39 is 7.29 Å². The molecule has 0 bridgehead atoms. The summed E-state index contributed by atoms with van der Waals surface area (Å²) in [5.41, 5.74) is 0. The molecule has 0 fully saturated rings. The van der Waals surface area contributed by atoms with Crippen LogP contribution in [0.4, 0.5) is 0 Å². The molecule has 0 heterocycles. The van der Waals surface area contributed by atoms with Crippen molar-refractivity contribution in [2.45, 2.75) is 13.8 Å². The molecule has 0 N–H and O–H groups in total. The summed E-state index contributed by atoms with van der Waals surface area (Å²) < 4.78 is 12.1. The van der Waals surface area contributed by atoms with E-state index in [-0.39, 0.29) is 0 Å². The van der Waals surface area contributed by atoms with E-state index in [1.165, 1.54) is 0 Å². The van der Waals surface area contributed by atoms with Gasteiger partial charge in [0.1, 0.15) is 0 Å². The van der Waals surface area contributed by atoms with E-state index in [4.69, 9.17) is 23.6 Å². The second kappa shape index (κ2) is 3.82. The first-order valence-corrected chi connectivity index (χ1v) is 5.47. The molecule has 0 saturated carbocycles. The van der Waals surface area contributed by atoms with Crippen molar-refractivity contribution in [1.29, 1.82) is 0 Å². The van der Waals surface area contributed by atoms with Gasteiger partial charge in [-0.2, -0.15) is 0 Å². The first-order valence-electron chi connectivity index (χ1n) is 2.77. The van der Waals surface area contributed by atoms with Crippen LogP contribution in [0.25, 0.3) is 0 Å². The van der Waals surface area contributed by atoms with Crippen molar-refractivity contribution in [1.82, 2.24) is 3.71 Å². The Morgan fingerprint density at radius 3 is 1.67 bits per heavy atom. The van der Waals surface area contributed by atoms with E-state index in [1.807, 2.05) is 13.8 Å². The van der Waals surface area contributed by atoms with Crippen LogP contribution in [0.2, 0.25) is 0 Å². The summed E-state index contributed by atoms with van der Waals surface area (Å²) in [6.07, 6.45) is 1.05. The Kier molecular flexibility index (Phi) is 4.15. The highest BCUT2D eigenvalue weighted by molar-refractivity contribution is 7.63. The van der Waals surface area contributed by atoms with Crippen LogP contribution in [-0.4, -0.2) is 16.0 Å². The van der Waals surface area contributed by atoms with E-state index in [1.54, 1.807) is 0 Å². The largest absolute Gasteiger partial charge is 0.304 e. The summed E-state index contributed by atoms with van der Waals surface area (Å²) in [5.74, 6) is 0. The zero-order valence-electron chi connectivity index (χ0n) is 5.47. The highest BCUT2D eigenvalue weighted by Gasteiger charge is 2.23. The minimum atomic E-state index is -2.39. The molecule has 0 aromatic heterocycles. The van der Waals surface area contributed by atoms with Gasteiger partial charge < -0.3 is 4.57 Å². The number of hydrogen-bond acceptors (Lipinski definition) is 1. The van der Waals surface area contributed by atoms with Crippen LogP contribution in [0.1, 0.15) is 13.8 Å². The first-order chi connectivity index (χ1) is 4.06. The van der Waals surface area contributed by atoms with Gasteiger partial charge in [-0.05, 0) is 0 Å². The molecule has 0 aliphatic carbocycles.